The Labute approximate surface area is 218 Å². The van der Waals surface area contributed by atoms with E-state index in [0.29, 0.717) is 18.4 Å². The number of carbonyl (C=O) groups excluding carboxylic acids is 5. The van der Waals surface area contributed by atoms with Gasteiger partial charge in [-0.15, -0.1) is 0 Å². The molecule has 0 aromatic heterocycles. The van der Waals surface area contributed by atoms with E-state index in [9.17, 15) is 28.5 Å². The fourth-order valence-corrected chi connectivity index (χ4v) is 3.98. The Hall–Kier alpha value is -4.00. The first-order chi connectivity index (χ1) is 17.7. The minimum atomic E-state index is -4.76. The zero-order valence-electron chi connectivity index (χ0n) is 20.5. The second kappa shape index (κ2) is 13.0. The van der Waals surface area contributed by atoms with Crippen LogP contribution in [-0.4, -0.2) is 56.9 Å². The van der Waals surface area contributed by atoms with E-state index in [0.717, 1.165) is 0 Å². The van der Waals surface area contributed by atoms with E-state index in [-0.39, 0.29) is 12.2 Å². The maximum absolute atomic E-state index is 13.4. The summed E-state index contributed by atoms with van der Waals surface area (Å²) >= 11 is 0. The smallest absolute Gasteiger partial charge is 0.404 e. The Bertz CT molecular complexity index is 1160. The highest BCUT2D eigenvalue weighted by Gasteiger charge is 2.39. The van der Waals surface area contributed by atoms with Crippen molar-refractivity contribution in [1.82, 2.24) is 16.0 Å². The quantitative estimate of drug-likeness (QED) is 0.122. The molecule has 0 bridgehead atoms. The van der Waals surface area contributed by atoms with Crippen LogP contribution in [0, 0.1) is 0 Å². The van der Waals surface area contributed by atoms with E-state index in [2.05, 4.69) is 20.5 Å². The number of allylic oxidation sites excluding steroid dienone is 2. The second-order valence-electron chi connectivity index (χ2n) is 8.52. The molecule has 0 spiro atoms. The van der Waals surface area contributed by atoms with Crippen LogP contribution >= 0.6 is 7.82 Å². The molecule has 9 N–H and O–H groups in total. The normalized spacial score (nSPS) is 15.9. The van der Waals surface area contributed by atoms with Gasteiger partial charge in [0.15, 0.2) is 5.54 Å². The summed E-state index contributed by atoms with van der Waals surface area (Å²) in [5.74, 6) is -4.12. The minimum Gasteiger partial charge on any atom is -0.404 e. The summed E-state index contributed by atoms with van der Waals surface area (Å²) < 4.78 is 15.5. The summed E-state index contributed by atoms with van der Waals surface area (Å²) in [6.07, 6.45) is 6.66. The Morgan fingerprint density at radius 3 is 2.05 bits per heavy atom. The van der Waals surface area contributed by atoms with Gasteiger partial charge < -0.3 is 31.9 Å². The van der Waals surface area contributed by atoms with Crippen molar-refractivity contribution in [3.05, 3.63) is 54.1 Å². The molecule has 0 heterocycles. The van der Waals surface area contributed by atoms with Crippen molar-refractivity contribution < 1.29 is 42.8 Å². The van der Waals surface area contributed by atoms with Crippen molar-refractivity contribution >= 4 is 37.4 Å². The molecular weight excluding hydrogens is 521 g/mol. The lowest BCUT2D eigenvalue weighted by Crippen LogP contribution is -2.63. The molecule has 1 aromatic rings. The lowest BCUT2D eigenvalue weighted by atomic mass is 9.95. The molecule has 0 fully saturated rings. The summed E-state index contributed by atoms with van der Waals surface area (Å²) in [5.41, 5.74) is 9.14. The summed E-state index contributed by atoms with van der Waals surface area (Å²) in [7, 11) is -4.76. The van der Waals surface area contributed by atoms with Crippen LogP contribution in [0.4, 0.5) is 0 Å². The largest absolute Gasteiger partial charge is 0.524 e. The van der Waals surface area contributed by atoms with E-state index >= 15 is 0 Å². The molecule has 0 saturated heterocycles. The first-order valence-electron chi connectivity index (χ1n) is 11.4. The maximum atomic E-state index is 13.4. The zero-order valence-corrected chi connectivity index (χ0v) is 21.4. The summed E-state index contributed by atoms with van der Waals surface area (Å²) in [6, 6.07) is 2.87. The molecule has 15 heteroatoms. The summed E-state index contributed by atoms with van der Waals surface area (Å²) in [4.78, 5) is 79.4. The zero-order chi connectivity index (χ0) is 28.5. The predicted octanol–water partition coefficient (Wildman–Crippen LogP) is -1.19. The van der Waals surface area contributed by atoms with Crippen molar-refractivity contribution in [1.29, 1.82) is 0 Å². The third-order valence-corrected chi connectivity index (χ3v) is 5.75. The van der Waals surface area contributed by atoms with E-state index < -0.39 is 61.4 Å². The van der Waals surface area contributed by atoms with Crippen LogP contribution in [0.25, 0.3) is 0 Å². The van der Waals surface area contributed by atoms with E-state index in [1.807, 2.05) is 0 Å². The highest BCUT2D eigenvalue weighted by atomic mass is 31.2. The molecule has 2 atom stereocenters. The van der Waals surface area contributed by atoms with E-state index in [4.69, 9.17) is 21.3 Å². The van der Waals surface area contributed by atoms with Gasteiger partial charge in [0.25, 0.3) is 5.91 Å². The SMILES string of the molecule is CC(=O)N[C@@H](Cc1ccc(OP(=O)(O)O)cc1)C(=O)NC1(C(=O)N[C@@H](CC(N)=O)C(N)=O)C=CCCC=C1. The van der Waals surface area contributed by atoms with Crippen molar-refractivity contribution in [3.63, 3.8) is 0 Å². The average Bonchev–Trinajstić information content (AvgIpc) is 3.04. The molecule has 1 aliphatic carbocycles. The van der Waals surface area contributed by atoms with Gasteiger partial charge in [0, 0.05) is 13.3 Å². The molecule has 14 nitrogen and oxygen atoms in total. The molecule has 0 saturated carbocycles. The van der Waals surface area contributed by atoms with Crippen LogP contribution in [0.5, 0.6) is 5.75 Å². The van der Waals surface area contributed by atoms with Gasteiger partial charge >= 0.3 is 7.82 Å². The van der Waals surface area contributed by atoms with Crippen LogP contribution in [0.1, 0.15) is 31.7 Å². The standard InChI is InChI=1S/C23H30N5O9P/c1-14(29)26-18(12-15-6-8-16(9-7-15)37-38(34,35)36)21(32)28-23(10-4-2-3-5-11-23)22(33)27-17(20(25)31)13-19(24)30/h4-11,17-18H,2-3,12-13H2,1H3,(H2,24,30)(H2,25,31)(H,26,29)(H,27,33)(H,28,32)(H2,34,35,36)/t17-,18-/m0/s1. The Kier molecular flexibility index (Phi) is 10.3. The molecule has 2 rings (SSSR count). The van der Waals surface area contributed by atoms with Crippen LogP contribution in [-0.2, 0) is 35.0 Å². The molecule has 0 aliphatic heterocycles. The third-order valence-electron chi connectivity index (χ3n) is 5.30. The van der Waals surface area contributed by atoms with Crippen molar-refractivity contribution in [3.8, 4) is 5.75 Å². The van der Waals surface area contributed by atoms with E-state index in [1.165, 1.54) is 43.3 Å². The Morgan fingerprint density at radius 2 is 1.58 bits per heavy atom. The monoisotopic (exact) mass is 551 g/mol. The van der Waals surface area contributed by atoms with Gasteiger partial charge in [0.1, 0.15) is 17.8 Å². The van der Waals surface area contributed by atoms with Crippen LogP contribution in [0.3, 0.4) is 0 Å². The van der Waals surface area contributed by atoms with Gasteiger partial charge in [0.2, 0.25) is 23.6 Å². The lowest BCUT2D eigenvalue weighted by Gasteiger charge is -2.31. The Morgan fingerprint density at radius 1 is 1.00 bits per heavy atom. The first kappa shape index (κ1) is 30.2. The number of primary amides is 2. The predicted molar refractivity (Wildman–Crippen MR) is 134 cm³/mol. The van der Waals surface area contributed by atoms with Crippen molar-refractivity contribution in [2.75, 3.05) is 0 Å². The number of hydrogen-bond acceptors (Lipinski definition) is 7. The van der Waals surface area contributed by atoms with Crippen LogP contribution < -0.4 is 31.9 Å². The van der Waals surface area contributed by atoms with Gasteiger partial charge in [0.05, 0.1) is 6.42 Å². The highest BCUT2D eigenvalue weighted by molar-refractivity contribution is 7.46. The number of amides is 5. The molecule has 1 aromatic carbocycles. The van der Waals surface area contributed by atoms with Gasteiger partial charge in [-0.3, -0.25) is 33.8 Å². The average molecular weight is 551 g/mol. The number of phosphoric ester groups is 1. The number of nitrogens with one attached hydrogen (secondary N) is 3. The number of hydrogen-bond donors (Lipinski definition) is 7. The molecule has 5 amide bonds. The lowest BCUT2D eigenvalue weighted by molar-refractivity contribution is -0.134. The molecule has 1 aliphatic rings. The molecule has 0 radical (unpaired) electrons. The fourth-order valence-electron chi connectivity index (χ4n) is 3.58. The summed E-state index contributed by atoms with van der Waals surface area (Å²) in [5, 5.41) is 7.46. The van der Waals surface area contributed by atoms with Gasteiger partial charge in [-0.25, -0.2) is 4.57 Å². The van der Waals surface area contributed by atoms with Gasteiger partial charge in [-0.1, -0.05) is 24.3 Å². The molecule has 206 valence electrons. The molecule has 38 heavy (non-hydrogen) atoms. The summed E-state index contributed by atoms with van der Waals surface area (Å²) in [6.45, 7) is 1.20. The first-order valence-corrected chi connectivity index (χ1v) is 12.9. The third kappa shape index (κ3) is 9.47. The maximum Gasteiger partial charge on any atom is 0.524 e. The number of carbonyl (C=O) groups is 5. The number of phosphoric acid groups is 1. The van der Waals surface area contributed by atoms with Crippen molar-refractivity contribution in [2.24, 2.45) is 11.5 Å². The van der Waals surface area contributed by atoms with Gasteiger partial charge in [-0.2, -0.15) is 0 Å². The second-order valence-corrected chi connectivity index (χ2v) is 9.69. The molecule has 0 unspecified atom stereocenters. The highest BCUT2D eigenvalue weighted by Crippen LogP contribution is 2.37. The number of benzene rings is 1. The minimum absolute atomic E-state index is 0.0572. The topological polar surface area (TPSA) is 240 Å². The van der Waals surface area contributed by atoms with Crippen LogP contribution in [0.2, 0.25) is 0 Å². The van der Waals surface area contributed by atoms with Gasteiger partial charge in [-0.05, 0) is 42.7 Å². The van der Waals surface area contributed by atoms with Crippen LogP contribution in [0.15, 0.2) is 48.6 Å². The fraction of sp³-hybridized carbons (Fsp3) is 0.348. The number of rotatable bonds is 12. The molecular formula is C23H30N5O9P. The van der Waals surface area contributed by atoms with E-state index in [1.54, 1.807) is 12.2 Å². The number of nitrogens with two attached hydrogens (primary N) is 2. The Balaban J connectivity index is 2.31. The van der Waals surface area contributed by atoms with Crippen molar-refractivity contribution in [2.45, 2.75) is 50.2 Å².